The number of nitrogens with two attached hydrogens (primary N) is 1. The average Bonchev–Trinajstić information content (AvgIpc) is 2.15. The van der Waals surface area contributed by atoms with E-state index in [2.05, 4.69) is 6.58 Å². The van der Waals surface area contributed by atoms with Gasteiger partial charge in [0, 0.05) is 11.6 Å². The van der Waals surface area contributed by atoms with Gasteiger partial charge in [0.05, 0.1) is 7.11 Å². The first-order valence-corrected chi connectivity index (χ1v) is 4.78. The summed E-state index contributed by atoms with van der Waals surface area (Å²) in [6.45, 7) is 5.63. The molecule has 0 aromatic heterocycles. The fourth-order valence-electron chi connectivity index (χ4n) is 1.53. The summed E-state index contributed by atoms with van der Waals surface area (Å²) in [5.74, 6) is 0.159. The third-order valence-electron chi connectivity index (χ3n) is 2.17. The number of rotatable bonds is 4. The lowest BCUT2D eigenvalue weighted by Gasteiger charge is -2.16. The molecule has 0 saturated heterocycles. The van der Waals surface area contributed by atoms with E-state index in [4.69, 9.17) is 10.5 Å². The van der Waals surface area contributed by atoms with Crippen molar-refractivity contribution < 1.29 is 9.13 Å². The lowest BCUT2D eigenvalue weighted by molar-refractivity contribution is 0.399. The Morgan fingerprint density at radius 3 is 2.80 bits per heavy atom. The van der Waals surface area contributed by atoms with Gasteiger partial charge in [-0.2, -0.15) is 0 Å². The van der Waals surface area contributed by atoms with Crippen LogP contribution < -0.4 is 10.5 Å². The van der Waals surface area contributed by atoms with Gasteiger partial charge in [0.2, 0.25) is 0 Å². The van der Waals surface area contributed by atoms with Gasteiger partial charge in [-0.25, -0.2) is 4.39 Å². The summed E-state index contributed by atoms with van der Waals surface area (Å²) in [6, 6.07) is 4.29. The molecule has 0 fully saturated rings. The summed E-state index contributed by atoms with van der Waals surface area (Å²) < 4.78 is 18.6. The van der Waals surface area contributed by atoms with Gasteiger partial charge >= 0.3 is 0 Å². The molecule has 0 saturated carbocycles. The molecule has 1 aromatic rings. The van der Waals surface area contributed by atoms with Crippen LogP contribution >= 0.6 is 0 Å². The molecule has 0 aliphatic rings. The molecule has 0 heterocycles. The second-order valence-electron chi connectivity index (χ2n) is 3.62. The first kappa shape index (κ1) is 11.7. The van der Waals surface area contributed by atoms with Crippen LogP contribution in [0.2, 0.25) is 0 Å². The van der Waals surface area contributed by atoms with Gasteiger partial charge in [-0.1, -0.05) is 11.6 Å². The third kappa shape index (κ3) is 2.80. The van der Waals surface area contributed by atoms with Crippen molar-refractivity contribution in [3.05, 3.63) is 41.7 Å². The maximum atomic E-state index is 13.5. The Balaban J connectivity index is 3.05. The number of benzene rings is 1. The average molecular weight is 209 g/mol. The van der Waals surface area contributed by atoms with E-state index in [0.29, 0.717) is 17.7 Å². The molecular formula is C12H16FNO. The molecule has 1 rings (SSSR count). The zero-order chi connectivity index (χ0) is 11.4. The number of ether oxygens (including phenoxy) is 1. The predicted octanol–water partition coefficient (Wildman–Crippen LogP) is 2.80. The molecule has 0 amide bonds. The Hall–Kier alpha value is -1.35. The Kier molecular flexibility index (Phi) is 3.86. The molecule has 0 radical (unpaired) electrons. The van der Waals surface area contributed by atoms with Crippen molar-refractivity contribution in [1.82, 2.24) is 0 Å². The van der Waals surface area contributed by atoms with Crippen LogP contribution in [0.1, 0.15) is 24.9 Å². The summed E-state index contributed by atoms with van der Waals surface area (Å²) in [5.41, 5.74) is 7.24. The van der Waals surface area contributed by atoms with Crippen molar-refractivity contribution in [2.75, 3.05) is 7.11 Å². The summed E-state index contributed by atoms with van der Waals surface area (Å²) in [6.07, 6.45) is 0.553. The van der Waals surface area contributed by atoms with Gasteiger partial charge in [-0.3, -0.25) is 0 Å². The van der Waals surface area contributed by atoms with E-state index in [9.17, 15) is 4.39 Å². The van der Waals surface area contributed by atoms with Crippen LogP contribution in [0.15, 0.2) is 30.4 Å². The molecule has 2 nitrogen and oxygen atoms in total. The fourth-order valence-corrected chi connectivity index (χ4v) is 1.53. The number of hydrogen-bond acceptors (Lipinski definition) is 2. The molecule has 15 heavy (non-hydrogen) atoms. The van der Waals surface area contributed by atoms with Gasteiger partial charge in [-0.15, -0.1) is 6.58 Å². The highest BCUT2D eigenvalue weighted by Gasteiger charge is 2.16. The van der Waals surface area contributed by atoms with Crippen LogP contribution in [-0.4, -0.2) is 7.11 Å². The van der Waals surface area contributed by atoms with Crippen LogP contribution in [-0.2, 0) is 0 Å². The van der Waals surface area contributed by atoms with Gasteiger partial charge in [0.15, 0.2) is 0 Å². The van der Waals surface area contributed by atoms with Crippen molar-refractivity contribution in [3.8, 4) is 5.75 Å². The minimum Gasteiger partial charge on any atom is -0.496 e. The molecule has 1 aromatic carbocycles. The number of methoxy groups -OCH3 is 1. The van der Waals surface area contributed by atoms with E-state index >= 15 is 0 Å². The fraction of sp³-hybridized carbons (Fsp3) is 0.333. The van der Waals surface area contributed by atoms with Crippen molar-refractivity contribution >= 4 is 0 Å². The Bertz CT molecular complexity index is 363. The zero-order valence-corrected chi connectivity index (χ0v) is 9.09. The summed E-state index contributed by atoms with van der Waals surface area (Å²) in [4.78, 5) is 0. The van der Waals surface area contributed by atoms with Crippen LogP contribution in [0, 0.1) is 5.82 Å². The molecule has 0 bridgehead atoms. The normalized spacial score (nSPS) is 12.3. The first-order valence-electron chi connectivity index (χ1n) is 4.78. The maximum Gasteiger partial charge on any atom is 0.131 e. The second kappa shape index (κ2) is 4.94. The van der Waals surface area contributed by atoms with E-state index in [1.165, 1.54) is 13.2 Å². The summed E-state index contributed by atoms with van der Waals surface area (Å²) >= 11 is 0. The van der Waals surface area contributed by atoms with Gasteiger partial charge in [0.25, 0.3) is 0 Å². The largest absolute Gasteiger partial charge is 0.496 e. The van der Waals surface area contributed by atoms with E-state index in [1.807, 2.05) is 6.92 Å². The van der Waals surface area contributed by atoms with E-state index in [-0.39, 0.29) is 5.82 Å². The predicted molar refractivity (Wildman–Crippen MR) is 59.3 cm³/mol. The number of hydrogen-bond donors (Lipinski definition) is 1. The van der Waals surface area contributed by atoms with Crippen LogP contribution in [0.5, 0.6) is 5.75 Å². The molecule has 3 heteroatoms. The minimum atomic E-state index is -0.404. The third-order valence-corrected chi connectivity index (χ3v) is 2.17. The smallest absolute Gasteiger partial charge is 0.131 e. The van der Waals surface area contributed by atoms with Crippen LogP contribution in [0.3, 0.4) is 0 Å². The Morgan fingerprint density at radius 1 is 1.60 bits per heavy atom. The highest BCUT2D eigenvalue weighted by molar-refractivity contribution is 5.37. The molecule has 0 unspecified atom stereocenters. The SMILES string of the molecule is C=C(C)C[C@@H](N)c1c(F)cccc1OC. The Labute approximate surface area is 89.6 Å². The van der Waals surface area contributed by atoms with Crippen molar-refractivity contribution in [1.29, 1.82) is 0 Å². The molecule has 82 valence electrons. The van der Waals surface area contributed by atoms with Crippen molar-refractivity contribution in [3.63, 3.8) is 0 Å². The van der Waals surface area contributed by atoms with E-state index in [1.54, 1.807) is 12.1 Å². The Morgan fingerprint density at radius 2 is 2.27 bits per heavy atom. The molecule has 1 atom stereocenters. The van der Waals surface area contributed by atoms with Gasteiger partial charge < -0.3 is 10.5 Å². The van der Waals surface area contributed by atoms with E-state index in [0.717, 1.165) is 5.57 Å². The molecular weight excluding hydrogens is 193 g/mol. The van der Waals surface area contributed by atoms with Crippen molar-refractivity contribution in [2.45, 2.75) is 19.4 Å². The second-order valence-corrected chi connectivity index (χ2v) is 3.62. The first-order chi connectivity index (χ1) is 7.06. The summed E-state index contributed by atoms with van der Waals surface area (Å²) in [7, 11) is 1.51. The lowest BCUT2D eigenvalue weighted by Crippen LogP contribution is -2.13. The van der Waals surface area contributed by atoms with Crippen LogP contribution in [0.4, 0.5) is 4.39 Å². The molecule has 2 N–H and O–H groups in total. The topological polar surface area (TPSA) is 35.2 Å². The lowest BCUT2D eigenvalue weighted by atomic mass is 10.00. The monoisotopic (exact) mass is 209 g/mol. The zero-order valence-electron chi connectivity index (χ0n) is 9.09. The maximum absolute atomic E-state index is 13.5. The molecule has 0 aliphatic carbocycles. The molecule has 0 aliphatic heterocycles. The van der Waals surface area contributed by atoms with Gasteiger partial charge in [-0.05, 0) is 25.5 Å². The van der Waals surface area contributed by atoms with E-state index < -0.39 is 6.04 Å². The minimum absolute atomic E-state index is 0.330. The quantitative estimate of drug-likeness (QED) is 0.774. The van der Waals surface area contributed by atoms with Crippen molar-refractivity contribution in [2.24, 2.45) is 5.73 Å². The summed E-state index contributed by atoms with van der Waals surface area (Å²) in [5, 5.41) is 0. The highest BCUT2D eigenvalue weighted by atomic mass is 19.1. The highest BCUT2D eigenvalue weighted by Crippen LogP contribution is 2.29. The number of halogens is 1. The standard InChI is InChI=1S/C12H16FNO/c1-8(2)7-10(14)12-9(13)5-4-6-11(12)15-3/h4-6,10H,1,7,14H2,2-3H3/t10-/m1/s1. The molecule has 0 spiro atoms. The van der Waals surface area contributed by atoms with Gasteiger partial charge in [0.1, 0.15) is 11.6 Å². The van der Waals surface area contributed by atoms with Crippen LogP contribution in [0.25, 0.3) is 0 Å².